The van der Waals surface area contributed by atoms with Crippen molar-refractivity contribution < 1.29 is 0 Å². The zero-order valence-electron chi connectivity index (χ0n) is 6.56. The molecule has 62 valence electrons. The van der Waals surface area contributed by atoms with Crippen LogP contribution in [0.5, 0.6) is 0 Å². The zero-order chi connectivity index (χ0) is 7.73. The molecule has 0 unspecified atom stereocenters. The van der Waals surface area contributed by atoms with E-state index in [4.69, 9.17) is 5.84 Å². The third-order valence-corrected chi connectivity index (χ3v) is 2.75. The standard InChI is InChI=1S/C7H14N4/c8-11-6-9-4-7(5-10-6)2-1-3-7/h1-5,8H2,(H2,9,10,11). The van der Waals surface area contributed by atoms with Crippen LogP contribution >= 0.6 is 0 Å². The van der Waals surface area contributed by atoms with Crippen LogP contribution < -0.4 is 16.6 Å². The average molecular weight is 154 g/mol. The third-order valence-electron chi connectivity index (χ3n) is 2.75. The monoisotopic (exact) mass is 154 g/mol. The van der Waals surface area contributed by atoms with E-state index in [9.17, 15) is 0 Å². The lowest BCUT2D eigenvalue weighted by atomic mass is 9.68. The molecule has 2 rings (SSSR count). The fraction of sp³-hybridized carbons (Fsp3) is 0.857. The fourth-order valence-electron chi connectivity index (χ4n) is 1.74. The molecular weight excluding hydrogens is 140 g/mol. The Morgan fingerprint density at radius 3 is 2.73 bits per heavy atom. The van der Waals surface area contributed by atoms with Gasteiger partial charge in [0.25, 0.3) is 0 Å². The molecule has 1 aliphatic carbocycles. The molecule has 1 aliphatic heterocycles. The number of rotatable bonds is 0. The van der Waals surface area contributed by atoms with Gasteiger partial charge in [-0.05, 0) is 12.8 Å². The van der Waals surface area contributed by atoms with Crippen LogP contribution in [0.3, 0.4) is 0 Å². The number of hydrogen-bond donors (Lipinski definition) is 3. The van der Waals surface area contributed by atoms with E-state index < -0.39 is 0 Å². The smallest absolute Gasteiger partial charge is 0.205 e. The molecular formula is C7H14N4. The maximum Gasteiger partial charge on any atom is 0.205 e. The zero-order valence-corrected chi connectivity index (χ0v) is 6.56. The number of hydrogen-bond acceptors (Lipinski definition) is 4. The lowest BCUT2D eigenvalue weighted by Crippen LogP contribution is -2.53. The van der Waals surface area contributed by atoms with E-state index in [0.717, 1.165) is 19.0 Å². The van der Waals surface area contributed by atoms with Crippen LogP contribution in [0.15, 0.2) is 4.99 Å². The molecule has 11 heavy (non-hydrogen) atoms. The van der Waals surface area contributed by atoms with Crippen molar-refractivity contribution in [1.29, 1.82) is 0 Å². The summed E-state index contributed by atoms with van der Waals surface area (Å²) < 4.78 is 0. The minimum Gasteiger partial charge on any atom is -0.355 e. The number of hydrazine groups is 1. The number of nitrogens with zero attached hydrogens (tertiary/aromatic N) is 1. The summed E-state index contributed by atoms with van der Waals surface area (Å²) in [7, 11) is 0. The quantitative estimate of drug-likeness (QED) is 0.328. The molecule has 0 amide bonds. The third kappa shape index (κ3) is 1.07. The van der Waals surface area contributed by atoms with Crippen molar-refractivity contribution in [3.63, 3.8) is 0 Å². The van der Waals surface area contributed by atoms with Gasteiger partial charge in [-0.2, -0.15) is 0 Å². The van der Waals surface area contributed by atoms with Crippen LogP contribution in [-0.2, 0) is 0 Å². The summed E-state index contributed by atoms with van der Waals surface area (Å²) >= 11 is 0. The van der Waals surface area contributed by atoms with Crippen molar-refractivity contribution in [3.8, 4) is 0 Å². The van der Waals surface area contributed by atoms with Crippen LogP contribution in [0, 0.1) is 5.41 Å². The van der Waals surface area contributed by atoms with Gasteiger partial charge in [-0.1, -0.05) is 6.42 Å². The molecule has 1 saturated carbocycles. The predicted molar refractivity (Wildman–Crippen MR) is 43.9 cm³/mol. The molecule has 0 radical (unpaired) electrons. The first kappa shape index (κ1) is 6.91. The molecule has 1 heterocycles. The van der Waals surface area contributed by atoms with Gasteiger partial charge in [-0.15, -0.1) is 0 Å². The Balaban J connectivity index is 1.98. The normalized spacial score (nSPS) is 26.8. The highest BCUT2D eigenvalue weighted by Gasteiger charge is 2.38. The Kier molecular flexibility index (Phi) is 1.49. The molecule has 0 atom stereocenters. The predicted octanol–water partition coefficient (Wildman–Crippen LogP) is -0.421. The van der Waals surface area contributed by atoms with E-state index in [1.54, 1.807) is 0 Å². The SMILES string of the molecule is NNC1=NCC2(CCC2)CN1. The Morgan fingerprint density at radius 2 is 2.36 bits per heavy atom. The Morgan fingerprint density at radius 1 is 1.55 bits per heavy atom. The summed E-state index contributed by atoms with van der Waals surface area (Å²) in [5.74, 6) is 5.95. The number of nitrogens with one attached hydrogen (secondary N) is 2. The van der Waals surface area contributed by atoms with Gasteiger partial charge in [-0.3, -0.25) is 10.4 Å². The molecule has 0 saturated heterocycles. The Labute approximate surface area is 66.2 Å². The molecule has 0 aromatic rings. The summed E-state index contributed by atoms with van der Waals surface area (Å²) in [5, 5.41) is 3.18. The first-order chi connectivity index (χ1) is 5.35. The lowest BCUT2D eigenvalue weighted by Gasteiger charge is -2.43. The second kappa shape index (κ2) is 2.37. The van der Waals surface area contributed by atoms with Crippen molar-refractivity contribution in [2.24, 2.45) is 16.3 Å². The van der Waals surface area contributed by atoms with Gasteiger partial charge < -0.3 is 5.32 Å². The minimum absolute atomic E-state index is 0.486. The summed E-state index contributed by atoms with van der Waals surface area (Å²) in [4.78, 5) is 4.29. The Hall–Kier alpha value is -0.770. The van der Waals surface area contributed by atoms with Crippen LogP contribution in [0.25, 0.3) is 0 Å². The van der Waals surface area contributed by atoms with Gasteiger partial charge in [0.15, 0.2) is 0 Å². The van der Waals surface area contributed by atoms with Gasteiger partial charge in [0, 0.05) is 12.0 Å². The maximum absolute atomic E-state index is 5.21. The highest BCUT2D eigenvalue weighted by molar-refractivity contribution is 5.79. The van der Waals surface area contributed by atoms with Gasteiger partial charge in [0.2, 0.25) is 5.96 Å². The first-order valence-electron chi connectivity index (χ1n) is 4.10. The maximum atomic E-state index is 5.21. The van der Waals surface area contributed by atoms with Crippen molar-refractivity contribution in [2.75, 3.05) is 13.1 Å². The van der Waals surface area contributed by atoms with Crippen LogP contribution in [0.1, 0.15) is 19.3 Å². The molecule has 2 aliphatic rings. The van der Waals surface area contributed by atoms with Crippen molar-refractivity contribution >= 4 is 5.96 Å². The lowest BCUT2D eigenvalue weighted by molar-refractivity contribution is 0.142. The van der Waals surface area contributed by atoms with Crippen molar-refractivity contribution in [3.05, 3.63) is 0 Å². The Bertz CT molecular complexity index is 183. The van der Waals surface area contributed by atoms with E-state index in [-0.39, 0.29) is 0 Å². The van der Waals surface area contributed by atoms with Gasteiger partial charge >= 0.3 is 0 Å². The summed E-state index contributed by atoms with van der Waals surface area (Å²) in [6.45, 7) is 1.98. The largest absolute Gasteiger partial charge is 0.355 e. The average Bonchev–Trinajstić information content (AvgIpc) is 2.02. The second-order valence-corrected chi connectivity index (χ2v) is 3.52. The topological polar surface area (TPSA) is 62.4 Å². The van der Waals surface area contributed by atoms with Gasteiger partial charge in [0.1, 0.15) is 0 Å². The highest BCUT2D eigenvalue weighted by atomic mass is 15.3. The van der Waals surface area contributed by atoms with Crippen molar-refractivity contribution in [2.45, 2.75) is 19.3 Å². The molecule has 0 bridgehead atoms. The molecule has 4 heteroatoms. The summed E-state index contributed by atoms with van der Waals surface area (Å²) in [5.41, 5.74) is 3.02. The molecule has 4 nitrogen and oxygen atoms in total. The van der Waals surface area contributed by atoms with Crippen molar-refractivity contribution in [1.82, 2.24) is 10.7 Å². The van der Waals surface area contributed by atoms with E-state index in [1.807, 2.05) is 0 Å². The summed E-state index contributed by atoms with van der Waals surface area (Å²) in [6, 6.07) is 0. The van der Waals surface area contributed by atoms with E-state index in [1.165, 1.54) is 19.3 Å². The van der Waals surface area contributed by atoms with E-state index in [2.05, 4.69) is 15.7 Å². The second-order valence-electron chi connectivity index (χ2n) is 3.52. The minimum atomic E-state index is 0.486. The summed E-state index contributed by atoms with van der Waals surface area (Å²) in [6.07, 6.45) is 4.01. The fourth-order valence-corrected chi connectivity index (χ4v) is 1.74. The van der Waals surface area contributed by atoms with Gasteiger partial charge in [0.05, 0.1) is 6.54 Å². The van der Waals surface area contributed by atoms with E-state index in [0.29, 0.717) is 5.41 Å². The first-order valence-corrected chi connectivity index (χ1v) is 4.10. The highest BCUT2D eigenvalue weighted by Crippen LogP contribution is 2.41. The number of nitrogens with two attached hydrogens (primary N) is 1. The van der Waals surface area contributed by atoms with Crippen LogP contribution in [0.4, 0.5) is 0 Å². The molecule has 1 spiro atoms. The number of aliphatic imine (C=N–C) groups is 1. The number of guanidine groups is 1. The molecule has 0 aromatic heterocycles. The van der Waals surface area contributed by atoms with E-state index >= 15 is 0 Å². The molecule has 4 N–H and O–H groups in total. The van der Waals surface area contributed by atoms with Gasteiger partial charge in [-0.25, -0.2) is 5.84 Å². The molecule has 0 aromatic carbocycles. The molecule has 1 fully saturated rings. The van der Waals surface area contributed by atoms with Crippen LogP contribution in [0.2, 0.25) is 0 Å². The van der Waals surface area contributed by atoms with Crippen LogP contribution in [-0.4, -0.2) is 19.0 Å².